The van der Waals surface area contributed by atoms with E-state index in [1.807, 2.05) is 42.5 Å². The second-order valence-corrected chi connectivity index (χ2v) is 6.62. The smallest absolute Gasteiger partial charge is 0.232 e. The lowest BCUT2D eigenvalue weighted by Gasteiger charge is -2.07. The Bertz CT molecular complexity index is 1010. The average Bonchev–Trinajstić information content (AvgIpc) is 3.39. The van der Waals surface area contributed by atoms with E-state index in [1.165, 1.54) is 6.33 Å². The zero-order valence-electron chi connectivity index (χ0n) is 15.6. The Morgan fingerprint density at radius 3 is 2.57 bits per heavy atom. The van der Waals surface area contributed by atoms with Gasteiger partial charge in [0.15, 0.2) is 0 Å². The molecule has 0 radical (unpaired) electrons. The molecular weight excluding hydrogens is 354 g/mol. The van der Waals surface area contributed by atoms with Crippen molar-refractivity contribution >= 4 is 16.9 Å². The van der Waals surface area contributed by atoms with E-state index < -0.39 is 0 Å². The van der Waals surface area contributed by atoms with Gasteiger partial charge in [0, 0.05) is 18.7 Å². The fourth-order valence-electron chi connectivity index (χ4n) is 3.31. The first-order chi connectivity index (χ1) is 13.9. The molecule has 0 saturated carbocycles. The first-order valence-electron chi connectivity index (χ1n) is 9.60. The number of nitrogens with zero attached hydrogens (tertiary/aromatic N) is 2. The number of aliphatic hydroxyl groups excluding tert-OH is 1. The Hall–Kier alpha value is -3.12. The number of hydrogen-bond acceptors (Lipinski definition) is 6. The monoisotopic (exact) mass is 377 g/mol. The molecule has 1 aromatic carbocycles. The van der Waals surface area contributed by atoms with Crippen LogP contribution in [0.4, 0.5) is 5.82 Å². The predicted molar refractivity (Wildman–Crippen MR) is 109 cm³/mol. The minimum Gasteiger partial charge on any atom is -0.464 e. The normalized spacial score (nSPS) is 11.2. The number of aromatic nitrogens is 2. The Labute approximate surface area is 163 Å². The molecule has 0 spiro atoms. The number of furan rings is 2. The highest BCUT2D eigenvalue weighted by molar-refractivity contribution is 6.04. The van der Waals surface area contributed by atoms with Crippen LogP contribution in [0.25, 0.3) is 33.7 Å². The van der Waals surface area contributed by atoms with Gasteiger partial charge in [-0.25, -0.2) is 9.97 Å². The van der Waals surface area contributed by atoms with Crippen molar-refractivity contribution in [3.8, 4) is 22.6 Å². The molecule has 28 heavy (non-hydrogen) atoms. The molecule has 4 rings (SSSR count). The predicted octanol–water partition coefficient (Wildman–Crippen LogP) is 5.11. The third-order valence-electron chi connectivity index (χ3n) is 4.67. The van der Waals surface area contributed by atoms with Crippen LogP contribution >= 0.6 is 0 Å². The van der Waals surface area contributed by atoms with Gasteiger partial charge in [0.05, 0.1) is 17.2 Å². The molecule has 0 fully saturated rings. The van der Waals surface area contributed by atoms with E-state index in [4.69, 9.17) is 13.9 Å². The van der Waals surface area contributed by atoms with E-state index in [0.717, 1.165) is 66.1 Å². The van der Waals surface area contributed by atoms with Gasteiger partial charge in [0.25, 0.3) is 0 Å². The van der Waals surface area contributed by atoms with Gasteiger partial charge in [-0.2, -0.15) is 0 Å². The fraction of sp³-hybridized carbons (Fsp3) is 0.273. The van der Waals surface area contributed by atoms with Crippen LogP contribution in [-0.4, -0.2) is 28.2 Å². The lowest BCUT2D eigenvalue weighted by atomic mass is 10.0. The standard InChI is InChI=1S/C22H23N3O3/c26-13-7-2-1-6-12-23-21-19-18(17-11-8-14-27-17)20(16-9-4-3-5-10-16)28-22(19)25-15-24-21/h3-5,8-11,14-15,26H,1-2,6-7,12-13H2,(H,23,24,25). The Kier molecular flexibility index (Phi) is 5.68. The maximum Gasteiger partial charge on any atom is 0.232 e. The molecule has 0 saturated heterocycles. The molecular formula is C22H23N3O3. The van der Waals surface area contributed by atoms with Crippen LogP contribution in [0.5, 0.6) is 0 Å². The molecule has 0 aliphatic heterocycles. The highest BCUT2D eigenvalue weighted by Crippen LogP contribution is 2.42. The number of nitrogens with one attached hydrogen (secondary N) is 1. The van der Waals surface area contributed by atoms with E-state index in [2.05, 4.69) is 15.3 Å². The summed E-state index contributed by atoms with van der Waals surface area (Å²) in [4.78, 5) is 8.79. The first-order valence-corrected chi connectivity index (χ1v) is 9.60. The molecule has 0 bridgehead atoms. The topological polar surface area (TPSA) is 84.3 Å². The summed E-state index contributed by atoms with van der Waals surface area (Å²) < 4.78 is 11.8. The molecule has 0 atom stereocenters. The average molecular weight is 377 g/mol. The number of aliphatic hydroxyl groups is 1. The van der Waals surface area contributed by atoms with Gasteiger partial charge in [-0.15, -0.1) is 0 Å². The second kappa shape index (κ2) is 8.71. The van der Waals surface area contributed by atoms with Crippen LogP contribution in [0.2, 0.25) is 0 Å². The van der Waals surface area contributed by atoms with Crippen molar-refractivity contribution in [2.75, 3.05) is 18.5 Å². The number of rotatable bonds is 9. The molecule has 6 nitrogen and oxygen atoms in total. The van der Waals surface area contributed by atoms with Gasteiger partial charge in [-0.1, -0.05) is 43.2 Å². The van der Waals surface area contributed by atoms with Crippen LogP contribution in [-0.2, 0) is 0 Å². The van der Waals surface area contributed by atoms with Crippen LogP contribution in [0.15, 0.2) is 63.9 Å². The van der Waals surface area contributed by atoms with E-state index in [9.17, 15) is 0 Å². The molecule has 0 aliphatic rings. The van der Waals surface area contributed by atoms with Gasteiger partial charge in [0.1, 0.15) is 23.7 Å². The van der Waals surface area contributed by atoms with Crippen LogP contribution < -0.4 is 5.32 Å². The lowest BCUT2D eigenvalue weighted by molar-refractivity contribution is 0.283. The van der Waals surface area contributed by atoms with Crippen molar-refractivity contribution in [3.05, 3.63) is 55.1 Å². The Balaban J connectivity index is 1.71. The molecule has 0 amide bonds. The van der Waals surface area contributed by atoms with Crippen molar-refractivity contribution in [2.24, 2.45) is 0 Å². The number of hydrogen-bond donors (Lipinski definition) is 2. The maximum atomic E-state index is 8.88. The summed E-state index contributed by atoms with van der Waals surface area (Å²) in [6, 6.07) is 13.7. The Morgan fingerprint density at radius 2 is 1.79 bits per heavy atom. The van der Waals surface area contributed by atoms with E-state index in [-0.39, 0.29) is 6.61 Å². The third-order valence-corrected chi connectivity index (χ3v) is 4.67. The molecule has 4 aromatic rings. The van der Waals surface area contributed by atoms with Crippen molar-refractivity contribution in [1.29, 1.82) is 0 Å². The van der Waals surface area contributed by atoms with Gasteiger partial charge in [0.2, 0.25) is 5.71 Å². The van der Waals surface area contributed by atoms with Gasteiger partial charge >= 0.3 is 0 Å². The van der Waals surface area contributed by atoms with Crippen LogP contribution in [0.1, 0.15) is 25.7 Å². The highest BCUT2D eigenvalue weighted by atomic mass is 16.4. The van der Waals surface area contributed by atoms with Crippen molar-refractivity contribution in [2.45, 2.75) is 25.7 Å². The minimum absolute atomic E-state index is 0.254. The van der Waals surface area contributed by atoms with E-state index in [1.54, 1.807) is 6.26 Å². The quantitative estimate of drug-likeness (QED) is 0.394. The van der Waals surface area contributed by atoms with E-state index >= 15 is 0 Å². The summed E-state index contributed by atoms with van der Waals surface area (Å²) in [5.41, 5.74) is 2.35. The first kappa shape index (κ1) is 18.3. The fourth-order valence-corrected chi connectivity index (χ4v) is 3.31. The molecule has 0 aliphatic carbocycles. The van der Waals surface area contributed by atoms with Gasteiger partial charge in [-0.3, -0.25) is 0 Å². The summed E-state index contributed by atoms with van der Waals surface area (Å²) in [6.07, 6.45) is 7.11. The summed E-state index contributed by atoms with van der Waals surface area (Å²) in [7, 11) is 0. The molecule has 3 aromatic heterocycles. The molecule has 3 heterocycles. The molecule has 144 valence electrons. The van der Waals surface area contributed by atoms with Crippen molar-refractivity contribution < 1.29 is 13.9 Å². The number of benzene rings is 1. The van der Waals surface area contributed by atoms with Crippen LogP contribution in [0.3, 0.4) is 0 Å². The summed E-state index contributed by atoms with van der Waals surface area (Å²) in [5.74, 6) is 2.18. The summed E-state index contributed by atoms with van der Waals surface area (Å²) >= 11 is 0. The number of unbranched alkanes of at least 4 members (excludes halogenated alkanes) is 3. The zero-order valence-corrected chi connectivity index (χ0v) is 15.6. The summed E-state index contributed by atoms with van der Waals surface area (Å²) in [5, 5.41) is 13.1. The summed E-state index contributed by atoms with van der Waals surface area (Å²) in [6.45, 7) is 1.05. The second-order valence-electron chi connectivity index (χ2n) is 6.62. The van der Waals surface area contributed by atoms with E-state index in [0.29, 0.717) is 5.71 Å². The maximum absolute atomic E-state index is 8.88. The minimum atomic E-state index is 0.254. The number of fused-ring (bicyclic) bond motifs is 1. The van der Waals surface area contributed by atoms with Crippen LogP contribution in [0, 0.1) is 0 Å². The highest BCUT2D eigenvalue weighted by Gasteiger charge is 2.23. The van der Waals surface area contributed by atoms with Crippen molar-refractivity contribution in [1.82, 2.24) is 9.97 Å². The van der Waals surface area contributed by atoms with Crippen molar-refractivity contribution in [3.63, 3.8) is 0 Å². The molecule has 2 N–H and O–H groups in total. The third kappa shape index (κ3) is 3.77. The largest absolute Gasteiger partial charge is 0.464 e. The SMILES string of the molecule is OCCCCCCNc1ncnc2oc(-c3ccccc3)c(-c3ccco3)c12. The molecule has 0 unspecified atom stereocenters. The lowest BCUT2D eigenvalue weighted by Crippen LogP contribution is -2.04. The van der Waals surface area contributed by atoms with Gasteiger partial charge < -0.3 is 19.3 Å². The Morgan fingerprint density at radius 1 is 0.929 bits per heavy atom. The number of anilines is 1. The van der Waals surface area contributed by atoms with Gasteiger partial charge in [-0.05, 0) is 25.0 Å². The molecule has 6 heteroatoms. The zero-order chi connectivity index (χ0) is 19.2.